The smallest absolute Gasteiger partial charge is 0.310 e. The van der Waals surface area contributed by atoms with Gasteiger partial charge in [0.2, 0.25) is 0 Å². The Labute approximate surface area is 136 Å². The minimum atomic E-state index is -0.715. The van der Waals surface area contributed by atoms with Crippen LogP contribution >= 0.6 is 0 Å². The van der Waals surface area contributed by atoms with Gasteiger partial charge in [0.25, 0.3) is 5.91 Å². The molecule has 0 aliphatic heterocycles. The van der Waals surface area contributed by atoms with Gasteiger partial charge in [-0.05, 0) is 36.8 Å². The topological polar surface area (TPSA) is 121 Å². The van der Waals surface area contributed by atoms with Crippen LogP contribution in [0.25, 0.3) is 11.0 Å². The van der Waals surface area contributed by atoms with Crippen LogP contribution in [0.3, 0.4) is 0 Å². The number of nitro groups is 1. The zero-order chi connectivity index (χ0) is 17.3. The largest absolute Gasteiger partial charge is 0.502 e. The van der Waals surface area contributed by atoms with E-state index in [9.17, 15) is 20.0 Å². The lowest BCUT2D eigenvalue weighted by Crippen LogP contribution is -2.23. The highest BCUT2D eigenvalue weighted by molar-refractivity contribution is 5.95. The standard InChI is InChI=1S/C16H14N4O4/c1-9-2-4-11-12(6-9)19-15(18-11)8-17-16(22)10-3-5-13(20(23)24)14(21)7-10/h2-7,21H,8H2,1H3,(H,17,22)(H,18,19). The van der Waals surface area contributed by atoms with Crippen LogP contribution in [0, 0.1) is 17.0 Å². The summed E-state index contributed by atoms with van der Waals surface area (Å²) in [6.07, 6.45) is 0. The summed E-state index contributed by atoms with van der Waals surface area (Å²) in [6.45, 7) is 2.15. The Bertz CT molecular complexity index is 948. The summed E-state index contributed by atoms with van der Waals surface area (Å²) in [6, 6.07) is 9.24. The number of rotatable bonds is 4. The maximum Gasteiger partial charge on any atom is 0.310 e. The molecule has 0 radical (unpaired) electrons. The number of aromatic hydroxyl groups is 1. The number of H-pyrrole nitrogens is 1. The Hall–Kier alpha value is -3.42. The van der Waals surface area contributed by atoms with E-state index in [1.165, 1.54) is 6.07 Å². The monoisotopic (exact) mass is 326 g/mol. The number of aromatic nitrogens is 2. The van der Waals surface area contributed by atoms with Crippen LogP contribution in [-0.4, -0.2) is 25.9 Å². The van der Waals surface area contributed by atoms with E-state index in [-0.39, 0.29) is 12.1 Å². The van der Waals surface area contributed by atoms with Crippen molar-refractivity contribution in [2.24, 2.45) is 0 Å². The van der Waals surface area contributed by atoms with Gasteiger partial charge in [-0.3, -0.25) is 14.9 Å². The summed E-state index contributed by atoms with van der Waals surface area (Å²) in [5, 5.41) is 22.9. The van der Waals surface area contributed by atoms with Gasteiger partial charge in [-0.1, -0.05) is 6.07 Å². The van der Waals surface area contributed by atoms with Crippen LogP contribution in [0.15, 0.2) is 36.4 Å². The molecule has 1 aromatic heterocycles. The van der Waals surface area contributed by atoms with Gasteiger partial charge in [0.1, 0.15) is 5.82 Å². The van der Waals surface area contributed by atoms with E-state index in [4.69, 9.17) is 0 Å². The number of hydrogen-bond donors (Lipinski definition) is 3. The third kappa shape index (κ3) is 3.02. The molecule has 3 aromatic rings. The molecule has 0 spiro atoms. The van der Waals surface area contributed by atoms with Gasteiger partial charge in [0, 0.05) is 11.6 Å². The molecule has 0 atom stereocenters. The molecule has 0 aliphatic carbocycles. The minimum Gasteiger partial charge on any atom is -0.502 e. The summed E-state index contributed by atoms with van der Waals surface area (Å²) >= 11 is 0. The third-order valence-electron chi connectivity index (χ3n) is 3.54. The lowest BCUT2D eigenvalue weighted by Gasteiger charge is -2.04. The molecule has 8 heteroatoms. The number of aromatic amines is 1. The Balaban J connectivity index is 1.72. The molecule has 0 unspecified atom stereocenters. The van der Waals surface area contributed by atoms with E-state index in [0.717, 1.165) is 28.7 Å². The van der Waals surface area contributed by atoms with Gasteiger partial charge < -0.3 is 15.4 Å². The summed E-state index contributed by atoms with van der Waals surface area (Å²) in [5.41, 5.74) is 2.47. The first-order chi connectivity index (χ1) is 11.4. The summed E-state index contributed by atoms with van der Waals surface area (Å²) in [7, 11) is 0. The summed E-state index contributed by atoms with van der Waals surface area (Å²) in [4.78, 5) is 29.5. The third-order valence-corrected chi connectivity index (χ3v) is 3.54. The number of nitro benzene ring substituents is 1. The van der Waals surface area contributed by atoms with Crippen molar-refractivity contribution in [3.8, 4) is 5.75 Å². The average Bonchev–Trinajstić information content (AvgIpc) is 2.94. The van der Waals surface area contributed by atoms with E-state index in [1.807, 2.05) is 25.1 Å². The van der Waals surface area contributed by atoms with Crippen LogP contribution in [0.1, 0.15) is 21.7 Å². The second-order valence-corrected chi connectivity index (χ2v) is 5.35. The van der Waals surface area contributed by atoms with Crippen molar-refractivity contribution in [2.75, 3.05) is 0 Å². The molecule has 0 aliphatic rings. The minimum absolute atomic E-state index is 0.130. The van der Waals surface area contributed by atoms with Gasteiger partial charge in [0.15, 0.2) is 5.75 Å². The second kappa shape index (κ2) is 5.99. The molecule has 1 amide bonds. The number of benzene rings is 2. The first kappa shape index (κ1) is 15.5. The van der Waals surface area contributed by atoms with Gasteiger partial charge in [-0.25, -0.2) is 4.98 Å². The number of amides is 1. The lowest BCUT2D eigenvalue weighted by atomic mass is 10.2. The molecule has 0 saturated carbocycles. The highest BCUT2D eigenvalue weighted by Gasteiger charge is 2.16. The highest BCUT2D eigenvalue weighted by Crippen LogP contribution is 2.26. The van der Waals surface area contributed by atoms with Gasteiger partial charge in [0.05, 0.1) is 22.5 Å². The Kier molecular flexibility index (Phi) is 3.87. The van der Waals surface area contributed by atoms with Crippen molar-refractivity contribution in [1.29, 1.82) is 0 Å². The maximum atomic E-state index is 12.1. The number of aryl methyl sites for hydroxylation is 1. The van der Waals surface area contributed by atoms with E-state index >= 15 is 0 Å². The molecule has 3 rings (SSSR count). The molecule has 2 aromatic carbocycles. The SMILES string of the molecule is Cc1ccc2nc(CNC(=O)c3ccc([N+](=O)[O-])c(O)c3)[nH]c2c1. The molecule has 0 fully saturated rings. The molecular formula is C16H14N4O4. The van der Waals surface area contributed by atoms with Crippen molar-refractivity contribution in [3.05, 3.63) is 63.5 Å². The van der Waals surface area contributed by atoms with Gasteiger partial charge in [-0.2, -0.15) is 0 Å². The van der Waals surface area contributed by atoms with Crippen molar-refractivity contribution >= 4 is 22.6 Å². The maximum absolute atomic E-state index is 12.1. The average molecular weight is 326 g/mol. The molecular weight excluding hydrogens is 312 g/mol. The zero-order valence-electron chi connectivity index (χ0n) is 12.7. The number of phenolic OH excluding ortho intramolecular Hbond substituents is 1. The molecule has 24 heavy (non-hydrogen) atoms. The lowest BCUT2D eigenvalue weighted by molar-refractivity contribution is -0.385. The Morgan fingerprint density at radius 3 is 2.83 bits per heavy atom. The Morgan fingerprint density at radius 2 is 2.12 bits per heavy atom. The number of hydrogen-bond acceptors (Lipinski definition) is 5. The second-order valence-electron chi connectivity index (χ2n) is 5.35. The summed E-state index contributed by atoms with van der Waals surface area (Å²) < 4.78 is 0. The van der Waals surface area contributed by atoms with Crippen molar-refractivity contribution in [2.45, 2.75) is 13.5 Å². The molecule has 122 valence electrons. The highest BCUT2D eigenvalue weighted by atomic mass is 16.6. The molecule has 8 nitrogen and oxygen atoms in total. The number of fused-ring (bicyclic) bond motifs is 1. The fourth-order valence-electron chi connectivity index (χ4n) is 2.35. The predicted molar refractivity (Wildman–Crippen MR) is 86.8 cm³/mol. The van der Waals surface area contributed by atoms with Crippen molar-refractivity contribution in [3.63, 3.8) is 0 Å². The molecule has 0 saturated heterocycles. The quantitative estimate of drug-likeness (QED) is 0.502. The van der Waals surface area contributed by atoms with Crippen LogP contribution in [0.4, 0.5) is 5.69 Å². The zero-order valence-corrected chi connectivity index (χ0v) is 12.7. The molecule has 0 bridgehead atoms. The van der Waals surface area contributed by atoms with Crippen molar-refractivity contribution in [1.82, 2.24) is 15.3 Å². The number of phenols is 1. The van der Waals surface area contributed by atoms with E-state index in [1.54, 1.807) is 0 Å². The van der Waals surface area contributed by atoms with Crippen LogP contribution in [-0.2, 0) is 6.54 Å². The van der Waals surface area contributed by atoms with Crippen LogP contribution in [0.5, 0.6) is 5.75 Å². The first-order valence-corrected chi connectivity index (χ1v) is 7.15. The number of imidazole rings is 1. The number of nitrogens with one attached hydrogen (secondary N) is 2. The number of carbonyl (C=O) groups excluding carboxylic acids is 1. The summed E-state index contributed by atoms with van der Waals surface area (Å²) in [5.74, 6) is -0.418. The Morgan fingerprint density at radius 1 is 1.33 bits per heavy atom. The number of carbonyl (C=O) groups is 1. The predicted octanol–water partition coefficient (Wildman–Crippen LogP) is 2.42. The van der Waals surface area contributed by atoms with Gasteiger partial charge >= 0.3 is 5.69 Å². The molecule has 3 N–H and O–H groups in total. The van der Waals surface area contributed by atoms with E-state index < -0.39 is 22.3 Å². The number of nitrogens with zero attached hydrogens (tertiary/aromatic N) is 2. The first-order valence-electron chi connectivity index (χ1n) is 7.15. The normalized spacial score (nSPS) is 10.7. The molecule has 1 heterocycles. The van der Waals surface area contributed by atoms with Gasteiger partial charge in [-0.15, -0.1) is 0 Å². The van der Waals surface area contributed by atoms with E-state index in [2.05, 4.69) is 15.3 Å². The van der Waals surface area contributed by atoms with E-state index in [0.29, 0.717) is 5.82 Å². The fraction of sp³-hybridized carbons (Fsp3) is 0.125. The fourth-order valence-corrected chi connectivity index (χ4v) is 2.35. The van der Waals surface area contributed by atoms with Crippen LogP contribution < -0.4 is 5.32 Å². The van der Waals surface area contributed by atoms with Crippen molar-refractivity contribution < 1.29 is 14.8 Å². The van der Waals surface area contributed by atoms with Crippen LogP contribution in [0.2, 0.25) is 0 Å².